The zero-order valence-electron chi connectivity index (χ0n) is 25.0. The van der Waals surface area contributed by atoms with E-state index >= 15 is 0 Å². The number of benzene rings is 2. The molecule has 1 fully saturated rings. The van der Waals surface area contributed by atoms with Crippen LogP contribution in [0.25, 0.3) is 10.9 Å². The maximum absolute atomic E-state index is 13.5. The predicted octanol–water partition coefficient (Wildman–Crippen LogP) is 7.07. The van der Waals surface area contributed by atoms with E-state index in [-0.39, 0.29) is 17.9 Å². The van der Waals surface area contributed by atoms with Gasteiger partial charge in [0.15, 0.2) is 5.82 Å². The summed E-state index contributed by atoms with van der Waals surface area (Å²) in [5.74, 6) is 1.15. The minimum Gasteiger partial charge on any atom is -0.350 e. The SMILES string of the molecule is Cn1ccc2c(NC(=O)N3CCC(C(=O)Nc4ccc5cc4CCC4C=CC=C(C4)Nc4ncc(Cl)c(n4)N5)CC3)cccc21. The predicted molar refractivity (Wildman–Crippen MR) is 179 cm³/mol. The molecular weight excluding hydrogens is 588 g/mol. The number of allylic oxidation sites excluding steroid dienone is 4. The third-order valence-corrected chi connectivity index (χ3v) is 9.19. The summed E-state index contributed by atoms with van der Waals surface area (Å²) in [7, 11) is 1.99. The van der Waals surface area contributed by atoms with E-state index in [1.807, 2.05) is 60.3 Å². The molecular formula is C34H35ClN8O2. The smallest absolute Gasteiger partial charge is 0.321 e. The fraction of sp³-hybridized carbons (Fsp3) is 0.294. The molecule has 4 heterocycles. The van der Waals surface area contributed by atoms with Crippen LogP contribution in [0.2, 0.25) is 5.02 Å². The summed E-state index contributed by atoms with van der Waals surface area (Å²) in [6.45, 7) is 1.04. The maximum atomic E-state index is 13.5. The van der Waals surface area contributed by atoms with Crippen molar-refractivity contribution in [2.75, 3.05) is 34.4 Å². The van der Waals surface area contributed by atoms with Gasteiger partial charge in [0, 0.05) is 60.2 Å². The lowest BCUT2D eigenvalue weighted by atomic mass is 9.91. The van der Waals surface area contributed by atoms with Crippen LogP contribution in [0.3, 0.4) is 0 Å². The van der Waals surface area contributed by atoms with Crippen molar-refractivity contribution in [3.05, 3.63) is 89.4 Å². The fourth-order valence-electron chi connectivity index (χ4n) is 6.36. The molecule has 1 saturated heterocycles. The summed E-state index contributed by atoms with van der Waals surface area (Å²) < 4.78 is 2.03. The number of carbonyl (C=O) groups is 2. The van der Waals surface area contributed by atoms with E-state index in [1.165, 1.54) is 0 Å². The van der Waals surface area contributed by atoms with Gasteiger partial charge in [-0.1, -0.05) is 29.8 Å². The van der Waals surface area contributed by atoms with E-state index in [4.69, 9.17) is 11.6 Å². The standard InChI is InChI=1S/C34H35ClN8O2/c1-42-15-14-26-29(6-3-7-30(26)42)40-34(45)43-16-12-22(13-17-43)32(44)39-28-11-10-25-19-23(28)9-8-21-4-2-5-24(18-21)38-33-36-20-27(35)31(37-25)41-33/h2-7,10-11,14-15,19-22H,8-9,12-13,16-18H2,1H3,(H,39,44)(H,40,45)(H2,36,37,38,41). The number of carbonyl (C=O) groups excluding carboxylic acids is 2. The Morgan fingerprint density at radius 2 is 1.89 bits per heavy atom. The molecule has 4 aromatic rings. The summed E-state index contributed by atoms with van der Waals surface area (Å²) in [5, 5.41) is 14.4. The molecule has 2 aromatic carbocycles. The number of aryl methyl sites for hydroxylation is 2. The number of nitrogens with one attached hydrogen (secondary N) is 4. The van der Waals surface area contributed by atoms with Gasteiger partial charge in [0.1, 0.15) is 5.02 Å². The topological polar surface area (TPSA) is 116 Å². The van der Waals surface area contributed by atoms with Crippen molar-refractivity contribution < 1.29 is 9.59 Å². The van der Waals surface area contributed by atoms with Crippen molar-refractivity contribution in [1.29, 1.82) is 0 Å². The van der Waals surface area contributed by atoms with Gasteiger partial charge in [-0.15, -0.1) is 0 Å². The lowest BCUT2D eigenvalue weighted by Crippen LogP contribution is -2.43. The Labute approximate surface area is 266 Å². The molecule has 1 aliphatic carbocycles. The first-order chi connectivity index (χ1) is 21.9. The minimum absolute atomic E-state index is 0.0144. The number of aromatic nitrogens is 3. The van der Waals surface area contributed by atoms with Gasteiger partial charge >= 0.3 is 6.03 Å². The summed E-state index contributed by atoms with van der Waals surface area (Å²) in [6.07, 6.45) is 13.7. The van der Waals surface area contributed by atoms with E-state index in [1.54, 1.807) is 11.1 Å². The number of hydrogen-bond donors (Lipinski definition) is 4. The molecule has 7 rings (SSSR count). The zero-order valence-corrected chi connectivity index (χ0v) is 25.8. The fourth-order valence-corrected chi connectivity index (χ4v) is 6.50. The molecule has 3 amide bonds. The number of urea groups is 1. The molecule has 4 N–H and O–H groups in total. The second kappa shape index (κ2) is 12.3. The van der Waals surface area contributed by atoms with Gasteiger partial charge < -0.3 is 30.7 Å². The number of amides is 3. The van der Waals surface area contributed by atoms with Crippen molar-refractivity contribution in [2.24, 2.45) is 18.9 Å². The molecule has 45 heavy (non-hydrogen) atoms. The summed E-state index contributed by atoms with van der Waals surface area (Å²) in [4.78, 5) is 37.3. The van der Waals surface area contributed by atoms with Crippen molar-refractivity contribution >= 4 is 63.3 Å². The molecule has 11 heteroatoms. The Morgan fingerprint density at radius 3 is 2.76 bits per heavy atom. The molecule has 6 bridgehead atoms. The molecule has 10 nitrogen and oxygen atoms in total. The highest BCUT2D eigenvalue weighted by Crippen LogP contribution is 2.32. The van der Waals surface area contributed by atoms with Crippen molar-refractivity contribution in [1.82, 2.24) is 19.4 Å². The quantitative estimate of drug-likeness (QED) is 0.194. The number of fused-ring (bicyclic) bond motifs is 7. The van der Waals surface area contributed by atoms with Crippen LogP contribution in [-0.4, -0.2) is 44.5 Å². The summed E-state index contributed by atoms with van der Waals surface area (Å²) >= 11 is 6.42. The third-order valence-electron chi connectivity index (χ3n) is 8.91. The number of nitrogens with zero attached hydrogens (tertiary/aromatic N) is 4. The Hall–Kier alpha value is -4.83. The zero-order chi connectivity index (χ0) is 30.9. The summed E-state index contributed by atoms with van der Waals surface area (Å²) in [6, 6.07) is 13.7. The molecule has 230 valence electrons. The van der Waals surface area contributed by atoms with Crippen LogP contribution in [0.4, 0.5) is 33.6 Å². The lowest BCUT2D eigenvalue weighted by molar-refractivity contribution is -0.121. The van der Waals surface area contributed by atoms with Crippen LogP contribution in [0.1, 0.15) is 31.2 Å². The number of anilines is 5. The van der Waals surface area contributed by atoms with E-state index in [0.717, 1.165) is 58.5 Å². The number of rotatable bonds is 3. The molecule has 0 spiro atoms. The Balaban J connectivity index is 1.02. The van der Waals surface area contributed by atoms with Crippen LogP contribution in [-0.2, 0) is 18.3 Å². The first-order valence-electron chi connectivity index (χ1n) is 15.4. The van der Waals surface area contributed by atoms with Crippen molar-refractivity contribution in [3.8, 4) is 0 Å². The van der Waals surface area contributed by atoms with E-state index in [2.05, 4.69) is 49.5 Å². The molecule has 1 atom stereocenters. The van der Waals surface area contributed by atoms with Crippen LogP contribution in [0.15, 0.2) is 78.8 Å². The highest BCUT2D eigenvalue weighted by atomic mass is 35.5. The molecule has 2 aromatic heterocycles. The summed E-state index contributed by atoms with van der Waals surface area (Å²) in [5.41, 5.74) is 5.58. The van der Waals surface area contributed by atoms with Crippen molar-refractivity contribution in [2.45, 2.75) is 32.1 Å². The van der Waals surface area contributed by atoms with Crippen LogP contribution >= 0.6 is 11.6 Å². The minimum atomic E-state index is -0.176. The van der Waals surface area contributed by atoms with Crippen LogP contribution < -0.4 is 21.3 Å². The highest BCUT2D eigenvalue weighted by Gasteiger charge is 2.28. The van der Waals surface area contributed by atoms with Crippen LogP contribution in [0, 0.1) is 11.8 Å². The number of halogens is 1. The van der Waals surface area contributed by atoms with Crippen LogP contribution in [0.5, 0.6) is 0 Å². The van der Waals surface area contributed by atoms with E-state index < -0.39 is 0 Å². The Kier molecular flexibility index (Phi) is 7.89. The first kappa shape index (κ1) is 28.9. The van der Waals surface area contributed by atoms with Gasteiger partial charge in [0.25, 0.3) is 0 Å². The Morgan fingerprint density at radius 1 is 1.02 bits per heavy atom. The molecule has 0 radical (unpaired) electrons. The monoisotopic (exact) mass is 622 g/mol. The van der Waals surface area contributed by atoms with E-state index in [9.17, 15) is 9.59 Å². The van der Waals surface area contributed by atoms with Gasteiger partial charge in [0.2, 0.25) is 11.9 Å². The molecule has 2 aliphatic heterocycles. The molecule has 1 unspecified atom stereocenters. The largest absolute Gasteiger partial charge is 0.350 e. The van der Waals surface area contributed by atoms with Crippen molar-refractivity contribution in [3.63, 3.8) is 0 Å². The average molecular weight is 623 g/mol. The second-order valence-corrected chi connectivity index (χ2v) is 12.3. The van der Waals surface area contributed by atoms with Gasteiger partial charge in [-0.25, -0.2) is 9.78 Å². The highest BCUT2D eigenvalue weighted by molar-refractivity contribution is 6.32. The lowest BCUT2D eigenvalue weighted by Gasteiger charge is -2.31. The normalized spacial score (nSPS) is 18.0. The first-order valence-corrected chi connectivity index (χ1v) is 15.7. The van der Waals surface area contributed by atoms with Gasteiger partial charge in [0.05, 0.1) is 11.9 Å². The average Bonchev–Trinajstić information content (AvgIpc) is 3.44. The number of likely N-dealkylation sites (tertiary alicyclic amines) is 1. The number of piperidine rings is 1. The third kappa shape index (κ3) is 6.23. The number of hydrogen-bond acceptors (Lipinski definition) is 6. The van der Waals surface area contributed by atoms with Gasteiger partial charge in [-0.05, 0) is 86.1 Å². The maximum Gasteiger partial charge on any atom is 0.321 e. The van der Waals surface area contributed by atoms with Gasteiger partial charge in [-0.3, -0.25) is 4.79 Å². The Bertz CT molecular complexity index is 1840. The van der Waals surface area contributed by atoms with E-state index in [0.29, 0.717) is 48.6 Å². The second-order valence-electron chi connectivity index (χ2n) is 11.9. The van der Waals surface area contributed by atoms with Gasteiger partial charge in [-0.2, -0.15) is 4.98 Å². The molecule has 3 aliphatic rings. The molecule has 0 saturated carbocycles.